The fraction of sp³-hybridized carbons (Fsp3) is 0.682. The fourth-order valence-electron chi connectivity index (χ4n) is 4.35. The number of amides is 1. The van der Waals surface area contributed by atoms with Crippen molar-refractivity contribution in [2.75, 3.05) is 39.3 Å². The Bertz CT molecular complexity index is 782. The summed E-state index contributed by atoms with van der Waals surface area (Å²) in [7, 11) is -3.35. The van der Waals surface area contributed by atoms with Gasteiger partial charge in [0.05, 0.1) is 5.75 Å². The lowest BCUT2D eigenvalue weighted by Crippen LogP contribution is -2.44. The predicted molar refractivity (Wildman–Crippen MR) is 116 cm³/mol. The Kier molecular flexibility index (Phi) is 7.71. The predicted octanol–water partition coefficient (Wildman–Crippen LogP) is 2.38. The number of sulfonamides is 1. The molecule has 2 saturated heterocycles. The molecule has 7 heteroatoms. The number of carbonyl (C=O) groups excluding carboxylic acids is 1. The van der Waals surface area contributed by atoms with Crippen LogP contribution in [0, 0.1) is 18.8 Å². The van der Waals surface area contributed by atoms with Gasteiger partial charge in [0.15, 0.2) is 0 Å². The van der Waals surface area contributed by atoms with Crippen LogP contribution in [0.15, 0.2) is 24.3 Å². The molecule has 2 heterocycles. The van der Waals surface area contributed by atoms with E-state index in [1.165, 1.54) is 25.9 Å². The molecule has 1 aromatic carbocycles. The number of rotatable bonds is 8. The average Bonchev–Trinajstić information content (AvgIpc) is 3.21. The second-order valence-corrected chi connectivity index (χ2v) is 10.7. The Morgan fingerprint density at radius 3 is 2.45 bits per heavy atom. The topological polar surface area (TPSA) is 69.7 Å². The lowest BCUT2D eigenvalue weighted by atomic mass is 9.97. The van der Waals surface area contributed by atoms with Crippen LogP contribution < -0.4 is 5.32 Å². The van der Waals surface area contributed by atoms with E-state index in [-0.39, 0.29) is 17.6 Å². The third-order valence-electron chi connectivity index (χ3n) is 6.21. The van der Waals surface area contributed by atoms with Gasteiger partial charge in [-0.25, -0.2) is 12.7 Å². The normalized spacial score (nSPS) is 20.6. The van der Waals surface area contributed by atoms with E-state index in [1.807, 2.05) is 31.2 Å². The second kappa shape index (κ2) is 10.0. The molecule has 1 N–H and O–H groups in total. The smallest absolute Gasteiger partial charge is 0.223 e. The monoisotopic (exact) mass is 421 g/mol. The van der Waals surface area contributed by atoms with E-state index in [2.05, 4.69) is 17.1 Å². The molecule has 162 valence electrons. The van der Waals surface area contributed by atoms with Crippen molar-refractivity contribution in [2.24, 2.45) is 11.8 Å². The summed E-state index contributed by atoms with van der Waals surface area (Å²) in [5.74, 6) is 0.463. The molecule has 0 radical (unpaired) electrons. The average molecular weight is 422 g/mol. The van der Waals surface area contributed by atoms with E-state index in [4.69, 9.17) is 0 Å². The lowest BCUT2D eigenvalue weighted by molar-refractivity contribution is -0.126. The minimum absolute atomic E-state index is 0.0323. The van der Waals surface area contributed by atoms with Crippen molar-refractivity contribution in [3.63, 3.8) is 0 Å². The van der Waals surface area contributed by atoms with Gasteiger partial charge in [-0.15, -0.1) is 0 Å². The van der Waals surface area contributed by atoms with E-state index in [0.29, 0.717) is 38.4 Å². The molecule has 0 aromatic heterocycles. The molecule has 29 heavy (non-hydrogen) atoms. The molecule has 0 aliphatic carbocycles. The van der Waals surface area contributed by atoms with Gasteiger partial charge in [0.25, 0.3) is 0 Å². The van der Waals surface area contributed by atoms with Gasteiger partial charge in [-0.1, -0.05) is 31.2 Å². The minimum Gasteiger partial charge on any atom is -0.356 e. The second-order valence-electron chi connectivity index (χ2n) is 8.71. The zero-order valence-electron chi connectivity index (χ0n) is 17.8. The van der Waals surface area contributed by atoms with Crippen LogP contribution in [0.1, 0.15) is 43.7 Å². The maximum absolute atomic E-state index is 12.8. The summed E-state index contributed by atoms with van der Waals surface area (Å²) in [5.41, 5.74) is 1.84. The zero-order valence-corrected chi connectivity index (χ0v) is 18.6. The summed E-state index contributed by atoms with van der Waals surface area (Å²) in [6.07, 6.45) is 3.76. The van der Waals surface area contributed by atoms with Crippen LogP contribution in [0.25, 0.3) is 0 Å². The van der Waals surface area contributed by atoms with E-state index in [1.54, 1.807) is 4.31 Å². The van der Waals surface area contributed by atoms with E-state index >= 15 is 0 Å². The van der Waals surface area contributed by atoms with Gasteiger partial charge >= 0.3 is 0 Å². The molecule has 1 atom stereocenters. The Balaban J connectivity index is 1.43. The van der Waals surface area contributed by atoms with E-state index < -0.39 is 10.0 Å². The third-order valence-corrected chi connectivity index (χ3v) is 8.04. The summed E-state index contributed by atoms with van der Waals surface area (Å²) in [4.78, 5) is 15.0. The molecule has 1 unspecified atom stereocenters. The minimum atomic E-state index is -3.35. The van der Waals surface area contributed by atoms with Crippen molar-refractivity contribution in [1.82, 2.24) is 14.5 Å². The number of hydrogen-bond acceptors (Lipinski definition) is 4. The molecule has 1 amide bonds. The molecular formula is C22H35N3O3S. The van der Waals surface area contributed by atoms with Crippen molar-refractivity contribution in [2.45, 2.75) is 45.3 Å². The highest BCUT2D eigenvalue weighted by Crippen LogP contribution is 2.23. The van der Waals surface area contributed by atoms with Crippen LogP contribution in [0.4, 0.5) is 0 Å². The molecule has 0 spiro atoms. The highest BCUT2D eigenvalue weighted by molar-refractivity contribution is 7.88. The van der Waals surface area contributed by atoms with Crippen molar-refractivity contribution in [3.05, 3.63) is 35.4 Å². The summed E-state index contributed by atoms with van der Waals surface area (Å²) < 4.78 is 27.1. The first-order valence-electron chi connectivity index (χ1n) is 10.9. The summed E-state index contributed by atoms with van der Waals surface area (Å²) >= 11 is 0. The van der Waals surface area contributed by atoms with Gasteiger partial charge in [0.1, 0.15) is 0 Å². The van der Waals surface area contributed by atoms with Crippen molar-refractivity contribution in [3.8, 4) is 0 Å². The standard InChI is InChI=1S/C22H35N3O3S/c1-18(16-24-11-5-6-12-24)15-23-22(26)20-9-13-25(14-10-20)29(27,28)17-21-8-4-3-7-19(21)2/h3-4,7-8,18,20H,5-6,9-17H2,1-2H3,(H,23,26). The summed E-state index contributed by atoms with van der Waals surface area (Å²) in [6, 6.07) is 7.60. The molecular weight excluding hydrogens is 386 g/mol. The van der Waals surface area contributed by atoms with Crippen LogP contribution in [0.5, 0.6) is 0 Å². The Morgan fingerprint density at radius 2 is 1.79 bits per heavy atom. The van der Waals surface area contributed by atoms with Crippen molar-refractivity contribution >= 4 is 15.9 Å². The van der Waals surface area contributed by atoms with E-state index in [0.717, 1.165) is 17.7 Å². The molecule has 3 rings (SSSR count). The van der Waals surface area contributed by atoms with Gasteiger partial charge in [-0.05, 0) is 62.7 Å². The number of nitrogens with zero attached hydrogens (tertiary/aromatic N) is 2. The molecule has 0 saturated carbocycles. The van der Waals surface area contributed by atoms with Crippen molar-refractivity contribution < 1.29 is 13.2 Å². The number of piperidine rings is 1. The Labute approximate surface area is 175 Å². The number of likely N-dealkylation sites (tertiary alicyclic amines) is 1. The van der Waals surface area contributed by atoms with Crippen LogP contribution in [-0.2, 0) is 20.6 Å². The van der Waals surface area contributed by atoms with Gasteiger partial charge in [-0.2, -0.15) is 0 Å². The maximum atomic E-state index is 12.8. The van der Waals surface area contributed by atoms with Crippen LogP contribution in [0.2, 0.25) is 0 Å². The number of benzene rings is 1. The SMILES string of the molecule is Cc1ccccc1CS(=O)(=O)N1CCC(C(=O)NCC(C)CN2CCCC2)CC1. The fourth-order valence-corrected chi connectivity index (χ4v) is 6.01. The van der Waals surface area contributed by atoms with Gasteiger partial charge in [-0.3, -0.25) is 4.79 Å². The number of nitrogens with one attached hydrogen (secondary N) is 1. The van der Waals surface area contributed by atoms with Crippen LogP contribution in [0.3, 0.4) is 0 Å². The van der Waals surface area contributed by atoms with Gasteiger partial charge < -0.3 is 10.2 Å². The van der Waals surface area contributed by atoms with Gasteiger partial charge in [0, 0.05) is 32.1 Å². The highest BCUT2D eigenvalue weighted by Gasteiger charge is 2.31. The van der Waals surface area contributed by atoms with E-state index in [9.17, 15) is 13.2 Å². The molecule has 1 aromatic rings. The molecule has 0 bridgehead atoms. The Morgan fingerprint density at radius 1 is 1.14 bits per heavy atom. The maximum Gasteiger partial charge on any atom is 0.223 e. The number of aryl methyl sites for hydroxylation is 1. The molecule has 2 aliphatic heterocycles. The lowest BCUT2D eigenvalue weighted by Gasteiger charge is -2.31. The number of hydrogen-bond donors (Lipinski definition) is 1. The highest BCUT2D eigenvalue weighted by atomic mass is 32.2. The Hall–Kier alpha value is -1.44. The summed E-state index contributed by atoms with van der Waals surface area (Å²) in [6.45, 7) is 9.05. The first kappa shape index (κ1) is 22.2. The number of carbonyl (C=O) groups is 1. The summed E-state index contributed by atoms with van der Waals surface area (Å²) in [5, 5.41) is 3.09. The van der Waals surface area contributed by atoms with Crippen LogP contribution >= 0.6 is 0 Å². The molecule has 2 aliphatic rings. The molecule has 2 fully saturated rings. The third kappa shape index (κ3) is 6.27. The first-order chi connectivity index (χ1) is 13.8. The van der Waals surface area contributed by atoms with Crippen LogP contribution in [-0.4, -0.2) is 62.8 Å². The quantitative estimate of drug-likeness (QED) is 0.700. The van der Waals surface area contributed by atoms with Gasteiger partial charge in [0.2, 0.25) is 15.9 Å². The first-order valence-corrected chi connectivity index (χ1v) is 12.5. The molecule has 6 nitrogen and oxygen atoms in total. The zero-order chi connectivity index (χ0) is 20.9. The van der Waals surface area contributed by atoms with Crippen molar-refractivity contribution in [1.29, 1.82) is 0 Å². The largest absolute Gasteiger partial charge is 0.356 e.